The molecule has 1 aromatic heterocycles. The van der Waals surface area contributed by atoms with Crippen molar-refractivity contribution in [2.75, 3.05) is 31.5 Å². The molecule has 0 aliphatic carbocycles. The molecule has 0 aromatic carbocycles. The number of rotatable bonds is 8. The Morgan fingerprint density at radius 1 is 1.44 bits per heavy atom. The SMILES string of the molecule is CCN(CC)CCCNc1ccnc(C(N)=S)c1. The Balaban J connectivity index is 2.35. The molecular formula is C13H22N4S. The van der Waals surface area contributed by atoms with Crippen molar-refractivity contribution in [1.82, 2.24) is 9.88 Å². The molecule has 0 aliphatic rings. The van der Waals surface area contributed by atoms with Gasteiger partial charge in [-0.25, -0.2) is 0 Å². The van der Waals surface area contributed by atoms with Crippen molar-refractivity contribution in [3.8, 4) is 0 Å². The standard InChI is InChI=1S/C13H22N4S/c1-3-17(4-2)9-5-7-15-11-6-8-16-12(10-11)13(14)18/h6,8,10H,3-5,7,9H2,1-2H3,(H2,14,18)(H,15,16). The summed E-state index contributed by atoms with van der Waals surface area (Å²) in [7, 11) is 0. The molecule has 5 heteroatoms. The van der Waals surface area contributed by atoms with Gasteiger partial charge in [0.25, 0.3) is 0 Å². The highest BCUT2D eigenvalue weighted by atomic mass is 32.1. The number of nitrogens with zero attached hydrogens (tertiary/aromatic N) is 2. The minimum atomic E-state index is 0.335. The molecule has 0 fully saturated rings. The fourth-order valence-electron chi connectivity index (χ4n) is 1.75. The van der Waals surface area contributed by atoms with E-state index in [2.05, 4.69) is 29.0 Å². The highest BCUT2D eigenvalue weighted by molar-refractivity contribution is 7.80. The van der Waals surface area contributed by atoms with Gasteiger partial charge in [0.2, 0.25) is 0 Å². The van der Waals surface area contributed by atoms with E-state index < -0.39 is 0 Å². The lowest BCUT2D eigenvalue weighted by Crippen LogP contribution is -2.25. The lowest BCUT2D eigenvalue weighted by molar-refractivity contribution is 0.303. The van der Waals surface area contributed by atoms with Crippen molar-refractivity contribution in [1.29, 1.82) is 0 Å². The Morgan fingerprint density at radius 2 is 2.17 bits per heavy atom. The Labute approximate surface area is 115 Å². The molecular weight excluding hydrogens is 244 g/mol. The van der Waals surface area contributed by atoms with Gasteiger partial charge in [0, 0.05) is 18.4 Å². The zero-order valence-electron chi connectivity index (χ0n) is 11.1. The van der Waals surface area contributed by atoms with E-state index in [4.69, 9.17) is 18.0 Å². The van der Waals surface area contributed by atoms with Crippen LogP contribution in [0.25, 0.3) is 0 Å². The van der Waals surface area contributed by atoms with Gasteiger partial charge in [-0.3, -0.25) is 4.98 Å². The maximum atomic E-state index is 5.55. The Bertz CT molecular complexity index is 377. The van der Waals surface area contributed by atoms with Crippen molar-refractivity contribution in [2.24, 2.45) is 5.73 Å². The molecule has 1 aromatic rings. The van der Waals surface area contributed by atoms with E-state index in [0.29, 0.717) is 10.7 Å². The van der Waals surface area contributed by atoms with Crippen LogP contribution < -0.4 is 11.1 Å². The van der Waals surface area contributed by atoms with Gasteiger partial charge >= 0.3 is 0 Å². The molecule has 1 heterocycles. The van der Waals surface area contributed by atoms with Gasteiger partial charge < -0.3 is 16.0 Å². The zero-order valence-corrected chi connectivity index (χ0v) is 12.0. The molecule has 18 heavy (non-hydrogen) atoms. The number of hydrogen-bond donors (Lipinski definition) is 2. The summed E-state index contributed by atoms with van der Waals surface area (Å²) in [5, 5.41) is 3.36. The number of hydrogen-bond acceptors (Lipinski definition) is 4. The van der Waals surface area contributed by atoms with E-state index in [9.17, 15) is 0 Å². The molecule has 3 N–H and O–H groups in total. The molecule has 100 valence electrons. The molecule has 0 aliphatic heterocycles. The Kier molecular flexibility index (Phi) is 6.60. The van der Waals surface area contributed by atoms with E-state index in [0.717, 1.165) is 38.3 Å². The van der Waals surface area contributed by atoms with E-state index >= 15 is 0 Å². The second kappa shape index (κ2) is 8.00. The lowest BCUT2D eigenvalue weighted by atomic mass is 10.3. The van der Waals surface area contributed by atoms with Crippen molar-refractivity contribution in [2.45, 2.75) is 20.3 Å². The molecule has 0 atom stereocenters. The summed E-state index contributed by atoms with van der Waals surface area (Å²) in [5.74, 6) is 0. The van der Waals surface area contributed by atoms with Crippen LogP contribution in [-0.4, -0.2) is 41.1 Å². The number of aromatic nitrogens is 1. The monoisotopic (exact) mass is 266 g/mol. The third kappa shape index (κ3) is 4.98. The van der Waals surface area contributed by atoms with Gasteiger partial charge in [-0.2, -0.15) is 0 Å². The normalized spacial score (nSPS) is 10.6. The smallest absolute Gasteiger partial charge is 0.122 e. The van der Waals surface area contributed by atoms with Gasteiger partial charge in [-0.1, -0.05) is 26.1 Å². The van der Waals surface area contributed by atoms with Crippen LogP contribution in [0.5, 0.6) is 0 Å². The average molecular weight is 266 g/mol. The molecule has 4 nitrogen and oxygen atoms in total. The summed E-state index contributed by atoms with van der Waals surface area (Å²) in [6.07, 6.45) is 2.84. The van der Waals surface area contributed by atoms with Crippen LogP contribution in [0, 0.1) is 0 Å². The fourth-order valence-corrected chi connectivity index (χ4v) is 1.86. The molecule has 0 bridgehead atoms. The summed E-state index contributed by atoms with van der Waals surface area (Å²) in [6, 6.07) is 3.82. The Morgan fingerprint density at radius 3 is 2.78 bits per heavy atom. The topological polar surface area (TPSA) is 54.2 Å². The Hall–Kier alpha value is -1.20. The first kappa shape index (κ1) is 14.9. The second-order valence-electron chi connectivity index (χ2n) is 4.10. The number of pyridine rings is 1. The number of anilines is 1. The molecule has 1 rings (SSSR count). The number of nitrogens with one attached hydrogen (secondary N) is 1. The minimum absolute atomic E-state index is 0.335. The molecule has 0 radical (unpaired) electrons. The first-order valence-electron chi connectivity index (χ1n) is 6.39. The minimum Gasteiger partial charge on any atom is -0.388 e. The highest BCUT2D eigenvalue weighted by Gasteiger charge is 2.00. The second-order valence-corrected chi connectivity index (χ2v) is 4.54. The summed E-state index contributed by atoms with van der Waals surface area (Å²) in [6.45, 7) is 8.65. The maximum Gasteiger partial charge on any atom is 0.122 e. The number of nitrogens with two attached hydrogens (primary N) is 1. The van der Waals surface area contributed by atoms with Crippen LogP contribution >= 0.6 is 12.2 Å². The molecule has 0 unspecified atom stereocenters. The van der Waals surface area contributed by atoms with Crippen LogP contribution in [-0.2, 0) is 0 Å². The summed E-state index contributed by atoms with van der Waals surface area (Å²) in [5.41, 5.74) is 7.23. The predicted molar refractivity (Wildman–Crippen MR) is 81.0 cm³/mol. The van der Waals surface area contributed by atoms with E-state index in [1.807, 2.05) is 12.1 Å². The molecule has 0 spiro atoms. The van der Waals surface area contributed by atoms with Gasteiger partial charge in [0.1, 0.15) is 4.99 Å². The van der Waals surface area contributed by atoms with E-state index in [1.54, 1.807) is 6.20 Å². The van der Waals surface area contributed by atoms with Crippen LogP contribution in [0.2, 0.25) is 0 Å². The lowest BCUT2D eigenvalue weighted by Gasteiger charge is -2.17. The molecule has 0 amide bonds. The fraction of sp³-hybridized carbons (Fsp3) is 0.538. The van der Waals surface area contributed by atoms with Crippen LogP contribution in [0.15, 0.2) is 18.3 Å². The van der Waals surface area contributed by atoms with Crippen LogP contribution in [0.3, 0.4) is 0 Å². The third-order valence-corrected chi connectivity index (χ3v) is 3.10. The van der Waals surface area contributed by atoms with Crippen LogP contribution in [0.1, 0.15) is 26.0 Å². The van der Waals surface area contributed by atoms with Crippen LogP contribution in [0.4, 0.5) is 5.69 Å². The van der Waals surface area contributed by atoms with Crippen molar-refractivity contribution >= 4 is 22.9 Å². The van der Waals surface area contributed by atoms with Gasteiger partial charge in [0.15, 0.2) is 0 Å². The van der Waals surface area contributed by atoms with E-state index in [1.165, 1.54) is 0 Å². The quantitative estimate of drug-likeness (QED) is 0.555. The van der Waals surface area contributed by atoms with Gasteiger partial charge in [-0.15, -0.1) is 0 Å². The van der Waals surface area contributed by atoms with Crippen molar-refractivity contribution < 1.29 is 0 Å². The highest BCUT2D eigenvalue weighted by Crippen LogP contribution is 2.07. The molecule has 0 saturated heterocycles. The average Bonchev–Trinajstić information content (AvgIpc) is 2.39. The summed E-state index contributed by atoms with van der Waals surface area (Å²) >= 11 is 4.90. The predicted octanol–water partition coefficient (Wildman–Crippen LogP) is 1.86. The largest absolute Gasteiger partial charge is 0.388 e. The van der Waals surface area contributed by atoms with Gasteiger partial charge in [-0.05, 0) is 38.2 Å². The van der Waals surface area contributed by atoms with Gasteiger partial charge in [0.05, 0.1) is 5.69 Å². The van der Waals surface area contributed by atoms with E-state index in [-0.39, 0.29) is 0 Å². The van der Waals surface area contributed by atoms with Crippen molar-refractivity contribution in [3.63, 3.8) is 0 Å². The maximum absolute atomic E-state index is 5.55. The van der Waals surface area contributed by atoms with Crippen molar-refractivity contribution in [3.05, 3.63) is 24.0 Å². The molecule has 0 saturated carbocycles. The summed E-state index contributed by atoms with van der Waals surface area (Å²) < 4.78 is 0. The summed E-state index contributed by atoms with van der Waals surface area (Å²) in [4.78, 5) is 6.85. The third-order valence-electron chi connectivity index (χ3n) is 2.89. The zero-order chi connectivity index (χ0) is 13.4. The first-order valence-corrected chi connectivity index (χ1v) is 6.80. The number of thiocarbonyl (C=S) groups is 1. The first-order chi connectivity index (χ1) is 8.67.